The molecule has 0 spiro atoms. The Bertz CT molecular complexity index is 2980. The number of carboxylic acid groups (broad SMARTS) is 2. The van der Waals surface area contributed by atoms with Gasteiger partial charge in [-0.1, -0.05) is 79.8 Å². The molecule has 0 unspecified atom stereocenters. The van der Waals surface area contributed by atoms with E-state index in [0.29, 0.717) is 51.9 Å². The number of esters is 1. The molecule has 4 aromatic rings. The Morgan fingerprint density at radius 3 is 1.86 bits per heavy atom. The molecule has 0 amide bonds. The lowest BCUT2D eigenvalue weighted by Gasteiger charge is -2.50. The summed E-state index contributed by atoms with van der Waals surface area (Å²) in [5.41, 5.74) is -1.36. The Morgan fingerprint density at radius 2 is 1.33 bits per heavy atom. The molecule has 0 aliphatic carbocycles. The van der Waals surface area contributed by atoms with Gasteiger partial charge in [-0.25, -0.2) is 9.59 Å². The molecular formula is C66H90N2O20. The predicted molar refractivity (Wildman–Crippen MR) is 325 cm³/mol. The Hall–Kier alpha value is -5.96. The number of carboxylic acids is 2. The second-order valence-corrected chi connectivity index (χ2v) is 24.5. The first-order valence-corrected chi connectivity index (χ1v) is 30.1. The van der Waals surface area contributed by atoms with Crippen molar-refractivity contribution in [2.24, 2.45) is 11.8 Å². The Balaban J connectivity index is 0.000000315. The van der Waals surface area contributed by atoms with Crippen LogP contribution in [-0.2, 0) is 53.9 Å². The van der Waals surface area contributed by atoms with Crippen LogP contribution in [0.15, 0.2) is 85.0 Å². The van der Waals surface area contributed by atoms with Crippen LogP contribution in [0.4, 0.5) is 0 Å². The molecule has 0 saturated carbocycles. The minimum atomic E-state index is -1.47. The number of cyclic esters (lactones) is 1. The van der Waals surface area contributed by atoms with E-state index in [4.69, 9.17) is 37.9 Å². The first-order chi connectivity index (χ1) is 41.6. The summed E-state index contributed by atoms with van der Waals surface area (Å²) in [5.74, 6) is -4.82. The number of rotatable bonds is 15. The van der Waals surface area contributed by atoms with Crippen LogP contribution in [0.5, 0.6) is 11.5 Å². The largest absolute Gasteiger partial charge is 0.507 e. The predicted octanol–water partition coefficient (Wildman–Crippen LogP) is 6.72. The van der Waals surface area contributed by atoms with Gasteiger partial charge in [0.15, 0.2) is 18.9 Å². The van der Waals surface area contributed by atoms with E-state index >= 15 is 0 Å². The number of aromatic hydroxyl groups is 2. The van der Waals surface area contributed by atoms with Gasteiger partial charge in [0.1, 0.15) is 59.4 Å². The van der Waals surface area contributed by atoms with Crippen LogP contribution in [0, 0.1) is 11.8 Å². The highest BCUT2D eigenvalue weighted by molar-refractivity contribution is 6.02. The number of carbonyl (C=O) groups excluding carboxylic acids is 2. The molecule has 3 fully saturated rings. The maximum absolute atomic E-state index is 13.1. The average molecular weight is 1230 g/mol. The maximum Gasteiger partial charge on any atom is 0.339 e. The van der Waals surface area contributed by atoms with E-state index in [-0.39, 0.29) is 48.5 Å². The molecule has 22 heteroatoms. The van der Waals surface area contributed by atoms with E-state index in [9.17, 15) is 60.0 Å². The van der Waals surface area contributed by atoms with Gasteiger partial charge in [0.05, 0.1) is 54.7 Å². The summed E-state index contributed by atoms with van der Waals surface area (Å²) in [5, 5.41) is 87.9. The van der Waals surface area contributed by atoms with Gasteiger partial charge >= 0.3 is 17.9 Å². The third-order valence-corrected chi connectivity index (χ3v) is 17.4. The number of benzene rings is 4. The fourth-order valence-corrected chi connectivity index (χ4v) is 12.8. The molecule has 4 aliphatic rings. The quantitative estimate of drug-likeness (QED) is 0.0452. The van der Waals surface area contributed by atoms with E-state index in [0.717, 1.165) is 12.7 Å². The number of likely N-dealkylation sites (N-methyl/N-ethyl adjacent to an activating group) is 2. The first-order valence-electron chi connectivity index (χ1n) is 30.1. The SMILES string of the molecule is CO[C@@H]1[C@@H](O[C@@H]2O[C@H](C)[C@@H](O[C@H]3C[C@@](C)(O)[C@@H](O)[C@H](C)O3)[C@@H](N(C)C)[C@H]2O)[C@@H](CC=O)C[C@@H](C)[C@@H](O[C@H]2CC[C@H](N(C)C)[C@@H](C)O2)/C=C\C=C/C[C@@H](C)OC(=O)C[C@H]1O.O=C(O)c1cc2ccccc2c(Cc2c(O)c(C(=O)O)cc3ccccc23)c1O. The summed E-state index contributed by atoms with van der Waals surface area (Å²) >= 11 is 0. The van der Waals surface area contributed by atoms with Crippen molar-refractivity contribution in [1.82, 2.24) is 9.80 Å². The molecule has 8 rings (SSSR count). The van der Waals surface area contributed by atoms with Crippen molar-refractivity contribution in [3.63, 3.8) is 0 Å². The summed E-state index contributed by atoms with van der Waals surface area (Å²) in [6.07, 6.45) is -1.60. The zero-order chi connectivity index (χ0) is 64.5. The number of hydrogen-bond donors (Lipinski definition) is 8. The van der Waals surface area contributed by atoms with Crippen LogP contribution in [0.2, 0.25) is 0 Å². The molecule has 22 nitrogen and oxygen atoms in total. The van der Waals surface area contributed by atoms with Crippen molar-refractivity contribution in [3.05, 3.63) is 107 Å². The number of aromatic carboxylic acids is 2. The summed E-state index contributed by atoms with van der Waals surface area (Å²) in [6.45, 7) is 10.8. The molecule has 4 heterocycles. The number of nitrogens with zero attached hydrogens (tertiary/aromatic N) is 2. The topological polar surface area (TPSA) is 310 Å². The van der Waals surface area contributed by atoms with Crippen molar-refractivity contribution in [3.8, 4) is 11.5 Å². The third-order valence-electron chi connectivity index (χ3n) is 17.4. The number of allylic oxidation sites excluding steroid dienone is 2. The summed E-state index contributed by atoms with van der Waals surface area (Å²) in [4.78, 5) is 52.7. The van der Waals surface area contributed by atoms with E-state index in [1.54, 1.807) is 88.3 Å². The minimum Gasteiger partial charge on any atom is -0.507 e. The first kappa shape index (κ1) is 69.5. The number of methoxy groups -OCH3 is 1. The van der Waals surface area contributed by atoms with E-state index < -0.39 is 133 Å². The normalized spacial score (nSPS) is 34.4. The molecule has 88 heavy (non-hydrogen) atoms. The van der Waals surface area contributed by atoms with Crippen LogP contribution >= 0.6 is 0 Å². The fraction of sp³-hybridized carbons (Fsp3) is 0.576. The van der Waals surface area contributed by atoms with Gasteiger partial charge in [-0.3, -0.25) is 4.79 Å². The number of hydrogen-bond acceptors (Lipinski definition) is 20. The van der Waals surface area contributed by atoms with Gasteiger partial charge in [-0.2, -0.15) is 0 Å². The second kappa shape index (κ2) is 30.7. The van der Waals surface area contributed by atoms with Crippen molar-refractivity contribution in [1.29, 1.82) is 0 Å². The van der Waals surface area contributed by atoms with Crippen LogP contribution in [-0.4, -0.2) is 214 Å². The average Bonchev–Trinajstić information content (AvgIpc) is 2.19. The number of carbonyl (C=O) groups is 4. The maximum atomic E-state index is 13.1. The fourth-order valence-electron chi connectivity index (χ4n) is 12.8. The van der Waals surface area contributed by atoms with Crippen LogP contribution in [0.1, 0.15) is 118 Å². The molecule has 0 radical (unpaired) electrons. The lowest BCUT2D eigenvalue weighted by molar-refractivity contribution is -0.344. The van der Waals surface area contributed by atoms with Crippen molar-refractivity contribution >= 4 is 45.7 Å². The molecule has 8 N–H and O–H groups in total. The monoisotopic (exact) mass is 1230 g/mol. The highest BCUT2D eigenvalue weighted by Crippen LogP contribution is 2.41. The molecule has 4 aliphatic heterocycles. The van der Waals surface area contributed by atoms with Gasteiger partial charge < -0.3 is 93.3 Å². The zero-order valence-electron chi connectivity index (χ0n) is 52.1. The van der Waals surface area contributed by atoms with Gasteiger partial charge in [-0.15, -0.1) is 0 Å². The summed E-state index contributed by atoms with van der Waals surface area (Å²) in [7, 11) is 9.03. The van der Waals surface area contributed by atoms with Gasteiger partial charge in [0.2, 0.25) is 0 Å². The molecule has 19 atom stereocenters. The number of aliphatic hydroxyl groups is 4. The highest BCUT2D eigenvalue weighted by Gasteiger charge is 2.52. The second-order valence-electron chi connectivity index (χ2n) is 24.5. The zero-order valence-corrected chi connectivity index (χ0v) is 52.1. The smallest absolute Gasteiger partial charge is 0.339 e. The van der Waals surface area contributed by atoms with Crippen LogP contribution in [0.25, 0.3) is 21.5 Å². The lowest BCUT2D eigenvalue weighted by Crippen LogP contribution is -2.65. The van der Waals surface area contributed by atoms with Crippen LogP contribution in [0.3, 0.4) is 0 Å². The van der Waals surface area contributed by atoms with E-state index in [1.165, 1.54) is 26.2 Å². The van der Waals surface area contributed by atoms with Crippen molar-refractivity contribution < 1.29 is 97.9 Å². The number of phenols is 2. The summed E-state index contributed by atoms with van der Waals surface area (Å²) in [6, 6.07) is 16.3. The number of aliphatic hydroxyl groups excluding tert-OH is 3. The summed E-state index contributed by atoms with van der Waals surface area (Å²) < 4.78 is 50.0. The van der Waals surface area contributed by atoms with E-state index in [1.807, 2.05) is 52.2 Å². The van der Waals surface area contributed by atoms with E-state index in [2.05, 4.69) is 4.90 Å². The highest BCUT2D eigenvalue weighted by atomic mass is 16.7. The molecule has 3 saturated heterocycles. The lowest BCUT2D eigenvalue weighted by atomic mass is 9.82. The molecule has 0 aromatic heterocycles. The Morgan fingerprint density at radius 1 is 0.739 bits per heavy atom. The molecule has 0 bridgehead atoms. The Kier molecular flexibility index (Phi) is 24.3. The Labute approximate surface area is 514 Å². The van der Waals surface area contributed by atoms with Crippen LogP contribution < -0.4 is 0 Å². The standard InChI is InChI=1S/C43H74N2O14.C23H16O6/c1-24-21-29(19-20-46)39(59-42-37(49)36(45(9)10)38(27(4)56-42)58-35-23-43(6,51)41(50)28(5)55-35)40(52-11)31(47)22-33(48)53-25(2)15-13-12-14-16-32(24)57-34-18-17-30(44(7)8)26(3)54-34;24-20-16(14-7-3-1-5-12(14)9-18(20)22(26)27)11-17-15-8-4-2-6-13(15)10-19(21(17)25)23(28)29/h12-14,16,20,24-32,34-42,47,49-51H,15,17-19,21-23H2,1-11H3;1-10,24-25H,11H2,(H,26,27)(H,28,29)/b13-12-,16-14-;/t24-,25-,26-,27-,28+,29+,30+,31-,32+,34+,35+,36+,37-,38-,39+,40+,41+,42+,43-;/m1./s1. The van der Waals surface area contributed by atoms with Crippen molar-refractivity contribution in [2.45, 2.75) is 197 Å². The van der Waals surface area contributed by atoms with Crippen molar-refractivity contribution in [2.75, 3.05) is 35.3 Å². The van der Waals surface area contributed by atoms with Gasteiger partial charge in [0.25, 0.3) is 0 Å². The molecule has 4 aromatic carbocycles. The number of ether oxygens (including phenoxy) is 8. The molecular weight excluding hydrogens is 1140 g/mol. The number of aldehydes is 1. The third kappa shape index (κ3) is 16.7. The van der Waals surface area contributed by atoms with Gasteiger partial charge in [-0.05, 0) is 128 Å². The molecule has 484 valence electrons. The number of fused-ring (bicyclic) bond motifs is 2. The van der Waals surface area contributed by atoms with Gasteiger partial charge in [0, 0.05) is 50.0 Å². The minimum absolute atomic E-state index is 0.00885.